The molecule has 2 nitrogen and oxygen atoms in total. The fraction of sp³-hybridized carbons (Fsp3) is 0.444. The van der Waals surface area contributed by atoms with Crippen LogP contribution in [0.1, 0.15) is 140 Å². The molecule has 0 aromatic heterocycles. The molecule has 1 aliphatic rings. The van der Waals surface area contributed by atoms with Gasteiger partial charge in [0.2, 0.25) is 0 Å². The molecule has 1 fully saturated rings. The lowest BCUT2D eigenvalue weighted by Crippen LogP contribution is -2.32. The summed E-state index contributed by atoms with van der Waals surface area (Å²) >= 11 is 6.59. The van der Waals surface area contributed by atoms with E-state index in [-0.39, 0.29) is 33.7 Å². The minimum absolute atomic E-state index is 0.0435. The smallest absolute Gasteiger partial charge is 0.173 e. The molecule has 0 aliphatic carbocycles. The van der Waals surface area contributed by atoms with Crippen LogP contribution in [0.4, 0.5) is 0 Å². The van der Waals surface area contributed by atoms with Crippen molar-refractivity contribution < 1.29 is 0 Å². The topological polar surface area (TPSA) is 6.48 Å². The minimum atomic E-state index is 0.0435. The summed E-state index contributed by atoms with van der Waals surface area (Å²) < 4.78 is 0. The summed E-state index contributed by atoms with van der Waals surface area (Å²) in [5, 5.41) is 0.912. The second-order valence-electron chi connectivity index (χ2n) is 18.1. The van der Waals surface area contributed by atoms with Gasteiger partial charge in [-0.1, -0.05) is 180 Å². The highest BCUT2D eigenvalue weighted by atomic mass is 32.1. The molecule has 1 saturated heterocycles. The second-order valence-corrected chi connectivity index (χ2v) is 18.5. The Labute approximate surface area is 297 Å². The third-order valence-corrected chi connectivity index (χ3v) is 10.4. The fourth-order valence-corrected chi connectivity index (χ4v) is 7.15. The zero-order valence-corrected chi connectivity index (χ0v) is 32.4. The SMILES string of the molecule is CC(C)(C)c1cc(CN2C(=S)N(Cc3cc(C(C)(C)C)cc(C(C)(C)C)c3)[C@@H](c3ccccc3)[C@@H]2c2ccccc2)cc(C(C)(C)C)c1. The lowest BCUT2D eigenvalue weighted by Gasteiger charge is -2.31. The zero-order chi connectivity index (χ0) is 35.2. The van der Waals surface area contributed by atoms with E-state index in [1.807, 2.05) is 0 Å². The summed E-state index contributed by atoms with van der Waals surface area (Å²) in [6, 6.07) is 36.7. The number of benzene rings is 4. The average molecular weight is 659 g/mol. The van der Waals surface area contributed by atoms with E-state index in [9.17, 15) is 0 Å². The van der Waals surface area contributed by atoms with E-state index in [2.05, 4.69) is 190 Å². The Balaban J connectivity index is 1.68. The number of nitrogens with zero attached hydrogens (tertiary/aromatic N) is 2. The van der Waals surface area contributed by atoms with Crippen LogP contribution in [0.3, 0.4) is 0 Å². The number of thiocarbonyl (C=S) groups is 1. The Morgan fingerprint density at radius 1 is 0.438 bits per heavy atom. The van der Waals surface area contributed by atoms with Crippen LogP contribution in [0, 0.1) is 0 Å². The van der Waals surface area contributed by atoms with E-state index in [0.717, 1.165) is 18.2 Å². The number of hydrogen-bond acceptors (Lipinski definition) is 1. The predicted molar refractivity (Wildman–Crippen MR) is 210 cm³/mol. The van der Waals surface area contributed by atoms with Crippen LogP contribution in [0.15, 0.2) is 97.1 Å². The maximum Gasteiger partial charge on any atom is 0.173 e. The highest BCUT2D eigenvalue weighted by Gasteiger charge is 2.45. The molecule has 4 aromatic rings. The van der Waals surface area contributed by atoms with E-state index in [1.54, 1.807) is 0 Å². The van der Waals surface area contributed by atoms with Crippen LogP contribution in [-0.2, 0) is 34.7 Å². The van der Waals surface area contributed by atoms with Gasteiger partial charge in [-0.15, -0.1) is 0 Å². The first-order valence-corrected chi connectivity index (χ1v) is 18.1. The molecule has 0 saturated carbocycles. The Bertz CT molecular complexity index is 1530. The Kier molecular flexibility index (Phi) is 9.80. The van der Waals surface area contributed by atoms with Crippen molar-refractivity contribution in [3.05, 3.63) is 142 Å². The molecule has 1 heterocycles. The summed E-state index contributed by atoms with van der Waals surface area (Å²) in [6.07, 6.45) is 0. The van der Waals surface area contributed by atoms with Gasteiger partial charge in [0, 0.05) is 13.1 Å². The molecule has 0 spiro atoms. The molecule has 2 atom stereocenters. The lowest BCUT2D eigenvalue weighted by molar-refractivity contribution is 0.263. The maximum atomic E-state index is 6.59. The van der Waals surface area contributed by atoms with Crippen molar-refractivity contribution in [2.24, 2.45) is 0 Å². The van der Waals surface area contributed by atoms with Gasteiger partial charge in [0.1, 0.15) is 0 Å². The molecular weight excluding hydrogens is 601 g/mol. The monoisotopic (exact) mass is 658 g/mol. The van der Waals surface area contributed by atoms with Gasteiger partial charge < -0.3 is 9.80 Å². The van der Waals surface area contributed by atoms with Crippen LogP contribution in [0.25, 0.3) is 0 Å². The van der Waals surface area contributed by atoms with Crippen molar-refractivity contribution in [2.75, 3.05) is 0 Å². The maximum absolute atomic E-state index is 6.59. The first-order valence-electron chi connectivity index (χ1n) is 17.7. The van der Waals surface area contributed by atoms with E-state index in [4.69, 9.17) is 12.2 Å². The van der Waals surface area contributed by atoms with Gasteiger partial charge in [0.05, 0.1) is 12.1 Å². The molecule has 3 heteroatoms. The molecule has 0 radical (unpaired) electrons. The summed E-state index contributed by atoms with van der Waals surface area (Å²) in [4.78, 5) is 5.02. The van der Waals surface area contributed by atoms with Crippen molar-refractivity contribution in [2.45, 2.75) is 130 Å². The van der Waals surface area contributed by atoms with Crippen LogP contribution in [-0.4, -0.2) is 14.9 Å². The summed E-state index contributed by atoms with van der Waals surface area (Å²) in [6.45, 7) is 29.3. The van der Waals surface area contributed by atoms with E-state index in [1.165, 1.54) is 44.5 Å². The van der Waals surface area contributed by atoms with Crippen LogP contribution in [0.2, 0.25) is 0 Å². The van der Waals surface area contributed by atoms with Gasteiger partial charge >= 0.3 is 0 Å². The van der Waals surface area contributed by atoms with Gasteiger partial charge in [0.25, 0.3) is 0 Å². The highest BCUT2D eigenvalue weighted by Crippen LogP contribution is 2.47. The van der Waals surface area contributed by atoms with Crippen molar-refractivity contribution >= 4 is 17.3 Å². The van der Waals surface area contributed by atoms with Crippen LogP contribution >= 0.6 is 12.2 Å². The van der Waals surface area contributed by atoms with Crippen molar-refractivity contribution in [3.63, 3.8) is 0 Å². The first-order chi connectivity index (χ1) is 22.2. The molecule has 5 rings (SSSR count). The van der Waals surface area contributed by atoms with E-state index in [0.29, 0.717) is 0 Å². The quantitative estimate of drug-likeness (QED) is 0.190. The van der Waals surface area contributed by atoms with Gasteiger partial charge in [-0.05, 0) is 78.4 Å². The van der Waals surface area contributed by atoms with Gasteiger partial charge in [-0.2, -0.15) is 0 Å². The number of rotatable bonds is 6. The predicted octanol–water partition coefficient (Wildman–Crippen LogP) is 12.0. The average Bonchev–Trinajstić information content (AvgIpc) is 3.26. The lowest BCUT2D eigenvalue weighted by atomic mass is 9.79. The molecule has 4 aromatic carbocycles. The largest absolute Gasteiger partial charge is 0.335 e. The molecule has 1 aliphatic heterocycles. The van der Waals surface area contributed by atoms with Crippen LogP contribution < -0.4 is 0 Å². The van der Waals surface area contributed by atoms with Gasteiger partial charge in [-0.25, -0.2) is 0 Å². The molecule has 0 N–H and O–H groups in total. The minimum Gasteiger partial charge on any atom is -0.335 e. The van der Waals surface area contributed by atoms with Gasteiger partial charge in [-0.3, -0.25) is 0 Å². The van der Waals surface area contributed by atoms with E-state index < -0.39 is 0 Å². The summed E-state index contributed by atoms with van der Waals surface area (Å²) in [5.41, 5.74) is 10.9. The standard InChI is InChI=1S/C45H58N2S/c1-42(2,3)35-23-31(24-36(27-35)43(4,5)6)29-46-39(33-19-15-13-16-20-33)40(34-21-17-14-18-22-34)47(41(46)48)30-32-25-37(44(7,8)9)28-38(26-32)45(10,11)12/h13-28,39-40H,29-30H2,1-12H3/t39-,40-/m0/s1. The first kappa shape index (κ1) is 35.9. The Morgan fingerprint density at radius 3 is 0.958 bits per heavy atom. The van der Waals surface area contributed by atoms with Gasteiger partial charge in [0.15, 0.2) is 5.11 Å². The second kappa shape index (κ2) is 13.1. The third-order valence-electron chi connectivity index (χ3n) is 9.90. The highest BCUT2D eigenvalue weighted by molar-refractivity contribution is 7.80. The zero-order valence-electron chi connectivity index (χ0n) is 31.6. The van der Waals surface area contributed by atoms with Crippen molar-refractivity contribution in [1.82, 2.24) is 9.80 Å². The fourth-order valence-electron chi connectivity index (χ4n) is 6.79. The molecular formula is C45H58N2S. The Morgan fingerprint density at radius 2 is 0.708 bits per heavy atom. The summed E-state index contributed by atoms with van der Waals surface area (Å²) in [5.74, 6) is 0. The van der Waals surface area contributed by atoms with Crippen LogP contribution in [0.5, 0.6) is 0 Å². The molecule has 254 valence electrons. The molecule has 0 bridgehead atoms. The normalized spacial score (nSPS) is 17.7. The molecule has 0 amide bonds. The molecule has 48 heavy (non-hydrogen) atoms. The third kappa shape index (κ3) is 7.89. The molecule has 0 unspecified atom stereocenters. The van der Waals surface area contributed by atoms with Crippen molar-refractivity contribution in [3.8, 4) is 0 Å². The van der Waals surface area contributed by atoms with Crippen molar-refractivity contribution in [1.29, 1.82) is 0 Å². The van der Waals surface area contributed by atoms with E-state index >= 15 is 0 Å². The number of hydrogen-bond donors (Lipinski definition) is 0. The Hall–Kier alpha value is -3.43. The summed E-state index contributed by atoms with van der Waals surface area (Å²) in [7, 11) is 0.